The summed E-state index contributed by atoms with van der Waals surface area (Å²) in [7, 11) is 3.35. The van der Waals surface area contributed by atoms with Gasteiger partial charge in [0.1, 0.15) is 0 Å². The summed E-state index contributed by atoms with van der Waals surface area (Å²) < 4.78 is 30.8. The van der Waals surface area contributed by atoms with Crippen molar-refractivity contribution in [1.29, 1.82) is 0 Å². The second-order valence-corrected chi connectivity index (χ2v) is 4.03. The molecule has 5 heteroatoms. The van der Waals surface area contributed by atoms with Gasteiger partial charge in [-0.25, -0.2) is 8.78 Å². The minimum absolute atomic E-state index is 0.0149. The van der Waals surface area contributed by atoms with E-state index in [0.29, 0.717) is 18.0 Å². The number of methoxy groups -OCH3 is 1. The third-order valence-corrected chi connectivity index (χ3v) is 2.74. The highest BCUT2D eigenvalue weighted by Gasteiger charge is 2.19. The van der Waals surface area contributed by atoms with Gasteiger partial charge in [-0.1, -0.05) is 0 Å². The molecule has 0 fully saturated rings. The van der Waals surface area contributed by atoms with E-state index in [1.165, 1.54) is 6.07 Å². The molecule has 0 heterocycles. The second kappa shape index (κ2) is 5.82. The second-order valence-electron chi connectivity index (χ2n) is 4.03. The van der Waals surface area contributed by atoms with Crippen molar-refractivity contribution in [3.8, 4) is 0 Å². The van der Waals surface area contributed by atoms with Gasteiger partial charge in [-0.3, -0.25) is 0 Å². The van der Waals surface area contributed by atoms with Crippen molar-refractivity contribution >= 4 is 11.4 Å². The van der Waals surface area contributed by atoms with E-state index in [-0.39, 0.29) is 11.6 Å². The van der Waals surface area contributed by atoms with Crippen LogP contribution in [-0.4, -0.2) is 26.8 Å². The van der Waals surface area contributed by atoms with E-state index in [1.54, 1.807) is 31.2 Å². The molecule has 0 aromatic heterocycles. The Bertz CT molecular complexity index is 372. The number of hydrogen-bond donors (Lipinski definition) is 1. The zero-order chi connectivity index (χ0) is 13.0. The highest BCUT2D eigenvalue weighted by atomic mass is 19.3. The lowest BCUT2D eigenvalue weighted by molar-refractivity contribution is 0.151. The summed E-state index contributed by atoms with van der Waals surface area (Å²) in [4.78, 5) is 1.77. The molecule has 0 radical (unpaired) electrons. The van der Waals surface area contributed by atoms with Crippen LogP contribution >= 0.6 is 0 Å². The Kier molecular flexibility index (Phi) is 4.69. The minimum atomic E-state index is -2.54. The van der Waals surface area contributed by atoms with Gasteiger partial charge < -0.3 is 15.4 Å². The third kappa shape index (κ3) is 3.30. The van der Waals surface area contributed by atoms with E-state index in [1.807, 2.05) is 6.92 Å². The average Bonchev–Trinajstić information content (AvgIpc) is 2.28. The van der Waals surface area contributed by atoms with Gasteiger partial charge in [0.05, 0.1) is 6.61 Å². The van der Waals surface area contributed by atoms with E-state index in [9.17, 15) is 8.78 Å². The van der Waals surface area contributed by atoms with Crippen molar-refractivity contribution in [3.05, 3.63) is 23.8 Å². The molecule has 1 atom stereocenters. The summed E-state index contributed by atoms with van der Waals surface area (Å²) >= 11 is 0. The van der Waals surface area contributed by atoms with E-state index in [2.05, 4.69) is 0 Å². The van der Waals surface area contributed by atoms with Crippen LogP contribution in [0.3, 0.4) is 0 Å². The number of nitrogens with zero attached hydrogens (tertiary/aromatic N) is 1. The van der Waals surface area contributed by atoms with Gasteiger partial charge >= 0.3 is 0 Å². The summed E-state index contributed by atoms with van der Waals surface area (Å²) in [5.41, 5.74) is 6.31. The van der Waals surface area contributed by atoms with Crippen LogP contribution in [0.1, 0.15) is 18.9 Å². The molecule has 2 N–H and O–H groups in total. The van der Waals surface area contributed by atoms with E-state index in [4.69, 9.17) is 10.5 Å². The Morgan fingerprint density at radius 2 is 2.06 bits per heavy atom. The number of hydrogen-bond acceptors (Lipinski definition) is 3. The average molecular weight is 244 g/mol. The molecule has 96 valence electrons. The molecular formula is C12H18F2N2O. The normalized spacial score (nSPS) is 12.8. The molecule has 0 bridgehead atoms. The van der Waals surface area contributed by atoms with Crippen molar-refractivity contribution < 1.29 is 13.5 Å². The Labute approximate surface area is 100 Å². The SMILES string of the molecule is COCC(C)N(C)c1ccc(N)cc1C(F)F. The molecule has 0 aliphatic carbocycles. The van der Waals surface area contributed by atoms with Crippen LogP contribution in [0.15, 0.2) is 18.2 Å². The van der Waals surface area contributed by atoms with Gasteiger partial charge in [0.2, 0.25) is 0 Å². The number of nitrogen functional groups attached to an aromatic ring is 1. The van der Waals surface area contributed by atoms with Gasteiger partial charge in [-0.2, -0.15) is 0 Å². The lowest BCUT2D eigenvalue weighted by Crippen LogP contribution is -2.33. The zero-order valence-corrected chi connectivity index (χ0v) is 10.3. The fraction of sp³-hybridized carbons (Fsp3) is 0.500. The lowest BCUT2D eigenvalue weighted by Gasteiger charge is -2.28. The van der Waals surface area contributed by atoms with Gasteiger partial charge in [0.25, 0.3) is 6.43 Å². The molecule has 0 aliphatic rings. The summed E-state index contributed by atoms with van der Waals surface area (Å²) in [6, 6.07) is 4.57. The molecule has 17 heavy (non-hydrogen) atoms. The van der Waals surface area contributed by atoms with Crippen molar-refractivity contribution in [2.75, 3.05) is 31.4 Å². The first-order valence-corrected chi connectivity index (χ1v) is 5.36. The largest absolute Gasteiger partial charge is 0.399 e. The molecule has 1 aromatic carbocycles. The number of anilines is 2. The first-order valence-electron chi connectivity index (χ1n) is 5.36. The number of rotatable bonds is 5. The summed E-state index contributed by atoms with van der Waals surface area (Å²) in [6.45, 7) is 2.39. The predicted molar refractivity (Wildman–Crippen MR) is 65.6 cm³/mol. The Hall–Kier alpha value is -1.36. The number of likely N-dealkylation sites (N-methyl/N-ethyl adjacent to an activating group) is 1. The molecule has 1 rings (SSSR count). The summed E-state index contributed by atoms with van der Waals surface area (Å²) in [5.74, 6) is 0. The van der Waals surface area contributed by atoms with E-state index >= 15 is 0 Å². The predicted octanol–water partition coefficient (Wildman–Crippen LogP) is 2.68. The standard InChI is InChI=1S/C12H18F2N2O/c1-8(7-17-3)16(2)11-5-4-9(15)6-10(11)12(13)14/h4-6,8,12H,7,15H2,1-3H3. The Morgan fingerprint density at radius 3 is 2.59 bits per heavy atom. The van der Waals surface area contributed by atoms with Crippen molar-refractivity contribution in [2.24, 2.45) is 0 Å². The van der Waals surface area contributed by atoms with Crippen LogP contribution in [0, 0.1) is 0 Å². The minimum Gasteiger partial charge on any atom is -0.399 e. The molecule has 0 aliphatic heterocycles. The third-order valence-electron chi connectivity index (χ3n) is 2.74. The highest BCUT2D eigenvalue weighted by molar-refractivity contribution is 5.60. The van der Waals surface area contributed by atoms with Gasteiger partial charge in [0, 0.05) is 37.1 Å². The van der Waals surface area contributed by atoms with Crippen LogP contribution < -0.4 is 10.6 Å². The molecule has 0 spiro atoms. The fourth-order valence-electron chi connectivity index (χ4n) is 1.66. The van der Waals surface area contributed by atoms with E-state index in [0.717, 1.165) is 0 Å². The van der Waals surface area contributed by atoms with Crippen LogP contribution in [0.25, 0.3) is 0 Å². The topological polar surface area (TPSA) is 38.5 Å². The molecule has 1 aromatic rings. The fourth-order valence-corrected chi connectivity index (χ4v) is 1.66. The molecule has 1 unspecified atom stereocenters. The van der Waals surface area contributed by atoms with Gasteiger partial charge in [0.15, 0.2) is 0 Å². The van der Waals surface area contributed by atoms with Crippen LogP contribution in [-0.2, 0) is 4.74 Å². The molecular weight excluding hydrogens is 226 g/mol. The smallest absolute Gasteiger partial charge is 0.265 e. The number of alkyl halides is 2. The van der Waals surface area contributed by atoms with Crippen LogP contribution in [0.4, 0.5) is 20.2 Å². The van der Waals surface area contributed by atoms with Gasteiger partial charge in [-0.05, 0) is 25.1 Å². The van der Waals surface area contributed by atoms with Crippen molar-refractivity contribution in [1.82, 2.24) is 0 Å². The van der Waals surface area contributed by atoms with E-state index < -0.39 is 6.43 Å². The first kappa shape index (κ1) is 13.7. The zero-order valence-electron chi connectivity index (χ0n) is 10.3. The van der Waals surface area contributed by atoms with Crippen LogP contribution in [0.5, 0.6) is 0 Å². The summed E-state index contributed by atoms with van der Waals surface area (Å²) in [5, 5.41) is 0. The van der Waals surface area contributed by atoms with Crippen molar-refractivity contribution in [3.63, 3.8) is 0 Å². The maximum Gasteiger partial charge on any atom is 0.265 e. The first-order chi connectivity index (χ1) is 7.97. The molecule has 3 nitrogen and oxygen atoms in total. The number of benzene rings is 1. The molecule has 0 amide bonds. The highest BCUT2D eigenvalue weighted by Crippen LogP contribution is 2.31. The lowest BCUT2D eigenvalue weighted by atomic mass is 10.1. The molecule has 0 saturated heterocycles. The van der Waals surface area contributed by atoms with Crippen LogP contribution in [0.2, 0.25) is 0 Å². The van der Waals surface area contributed by atoms with Gasteiger partial charge in [-0.15, -0.1) is 0 Å². The summed E-state index contributed by atoms with van der Waals surface area (Å²) in [6.07, 6.45) is -2.54. The monoisotopic (exact) mass is 244 g/mol. The quantitative estimate of drug-likeness (QED) is 0.809. The molecule has 0 saturated carbocycles. The Balaban J connectivity index is 3.03. The maximum atomic E-state index is 12.9. The number of ether oxygens (including phenoxy) is 1. The van der Waals surface area contributed by atoms with Crippen molar-refractivity contribution in [2.45, 2.75) is 19.4 Å². The number of halogens is 2. The number of nitrogens with two attached hydrogens (primary N) is 1. The Morgan fingerprint density at radius 1 is 1.41 bits per heavy atom. The maximum absolute atomic E-state index is 12.9.